The Morgan fingerprint density at radius 3 is 2.62 bits per heavy atom. The van der Waals surface area contributed by atoms with E-state index in [0.717, 1.165) is 67.8 Å². The van der Waals surface area contributed by atoms with Crippen LogP contribution in [0.15, 0.2) is 0 Å². The third kappa shape index (κ3) is 2.79. The summed E-state index contributed by atoms with van der Waals surface area (Å²) < 4.78 is 0. The average Bonchev–Trinajstić information content (AvgIpc) is 3.42. The first-order valence-corrected chi connectivity index (χ1v) is 10.7. The van der Waals surface area contributed by atoms with Crippen LogP contribution in [-0.2, 0) is 17.6 Å². The lowest BCUT2D eigenvalue weighted by Gasteiger charge is -2.36. The van der Waals surface area contributed by atoms with Gasteiger partial charge in [0.2, 0.25) is 5.91 Å². The summed E-state index contributed by atoms with van der Waals surface area (Å²) in [4.78, 5) is 29.1. The van der Waals surface area contributed by atoms with Crippen molar-refractivity contribution in [2.75, 3.05) is 31.1 Å². The van der Waals surface area contributed by atoms with E-state index < -0.39 is 0 Å². The molecule has 1 saturated carbocycles. The highest BCUT2D eigenvalue weighted by molar-refractivity contribution is 7.19. The van der Waals surface area contributed by atoms with Crippen LogP contribution in [0.2, 0.25) is 0 Å². The molecule has 2 aromatic heterocycles. The maximum Gasteiger partial charge on any atom is 0.225 e. The average molecular weight is 371 g/mol. The van der Waals surface area contributed by atoms with E-state index in [1.807, 2.05) is 18.3 Å². The number of hydrogen-bond acceptors (Lipinski definition) is 5. The van der Waals surface area contributed by atoms with E-state index in [0.29, 0.717) is 11.8 Å². The molecule has 0 unspecified atom stereocenters. The van der Waals surface area contributed by atoms with Crippen LogP contribution in [0.1, 0.15) is 42.5 Å². The highest BCUT2D eigenvalue weighted by Gasteiger charge is 2.35. The van der Waals surface area contributed by atoms with Crippen molar-refractivity contribution in [3.05, 3.63) is 16.3 Å². The van der Waals surface area contributed by atoms with Gasteiger partial charge in [-0.25, -0.2) is 9.97 Å². The van der Waals surface area contributed by atoms with Gasteiger partial charge in [-0.05, 0) is 50.5 Å². The van der Waals surface area contributed by atoms with Crippen molar-refractivity contribution in [2.24, 2.45) is 11.8 Å². The van der Waals surface area contributed by atoms with E-state index in [1.54, 1.807) is 0 Å². The molecular formula is C20H26N4OS. The predicted molar refractivity (Wildman–Crippen MR) is 105 cm³/mol. The monoisotopic (exact) mass is 370 g/mol. The zero-order chi connectivity index (χ0) is 17.8. The van der Waals surface area contributed by atoms with Gasteiger partial charge in [0.25, 0.3) is 0 Å². The maximum absolute atomic E-state index is 12.3. The van der Waals surface area contributed by atoms with Crippen LogP contribution < -0.4 is 4.90 Å². The molecule has 2 aliphatic carbocycles. The van der Waals surface area contributed by atoms with Gasteiger partial charge in [-0.1, -0.05) is 6.92 Å². The normalized spacial score (nSPS) is 23.4. The number of rotatable bonds is 2. The third-order valence-electron chi connectivity index (χ3n) is 6.07. The number of nitrogens with zero attached hydrogens (tertiary/aromatic N) is 4. The first-order chi connectivity index (χ1) is 12.6. The number of hydrogen-bond donors (Lipinski definition) is 0. The van der Waals surface area contributed by atoms with E-state index >= 15 is 0 Å². The van der Waals surface area contributed by atoms with Crippen molar-refractivity contribution in [1.82, 2.24) is 14.9 Å². The molecule has 0 aromatic carbocycles. The minimum absolute atomic E-state index is 0.320. The van der Waals surface area contributed by atoms with Gasteiger partial charge >= 0.3 is 0 Å². The second kappa shape index (κ2) is 6.19. The van der Waals surface area contributed by atoms with Gasteiger partial charge in [-0.15, -0.1) is 11.3 Å². The van der Waals surface area contributed by atoms with Crippen molar-refractivity contribution in [3.63, 3.8) is 0 Å². The molecule has 0 radical (unpaired) electrons. The summed E-state index contributed by atoms with van der Waals surface area (Å²) in [7, 11) is 0. The molecule has 26 heavy (non-hydrogen) atoms. The molecule has 0 spiro atoms. The summed E-state index contributed by atoms with van der Waals surface area (Å²) in [5, 5.41) is 1.30. The van der Waals surface area contributed by atoms with Crippen LogP contribution in [0.25, 0.3) is 10.2 Å². The molecule has 1 aliphatic heterocycles. The van der Waals surface area contributed by atoms with Crippen LogP contribution in [0, 0.1) is 18.8 Å². The second-order valence-electron chi connectivity index (χ2n) is 8.21. The van der Waals surface area contributed by atoms with Crippen LogP contribution >= 0.6 is 11.3 Å². The molecule has 6 heteroatoms. The Kier molecular flexibility index (Phi) is 3.92. The number of amides is 1. The summed E-state index contributed by atoms with van der Waals surface area (Å²) in [5.41, 5.74) is 1.49. The van der Waals surface area contributed by atoms with Crippen LogP contribution in [0.3, 0.4) is 0 Å². The summed E-state index contributed by atoms with van der Waals surface area (Å²) in [6.07, 6.45) is 5.76. The minimum atomic E-state index is 0.320. The Morgan fingerprint density at radius 1 is 1.12 bits per heavy atom. The minimum Gasteiger partial charge on any atom is -0.352 e. The molecule has 1 saturated heterocycles. The number of aryl methyl sites for hydroxylation is 2. The molecule has 5 nitrogen and oxygen atoms in total. The molecule has 1 atom stereocenters. The van der Waals surface area contributed by atoms with E-state index in [4.69, 9.17) is 9.97 Å². The summed E-state index contributed by atoms with van der Waals surface area (Å²) in [6, 6.07) is 0. The van der Waals surface area contributed by atoms with Gasteiger partial charge in [0.15, 0.2) is 0 Å². The van der Waals surface area contributed by atoms with E-state index in [1.165, 1.54) is 28.7 Å². The number of aromatic nitrogens is 2. The van der Waals surface area contributed by atoms with Crippen molar-refractivity contribution >= 4 is 33.3 Å². The zero-order valence-electron chi connectivity index (χ0n) is 15.6. The van der Waals surface area contributed by atoms with Gasteiger partial charge in [0.05, 0.1) is 5.39 Å². The number of fused-ring (bicyclic) bond motifs is 3. The van der Waals surface area contributed by atoms with Gasteiger partial charge in [-0.2, -0.15) is 0 Å². The van der Waals surface area contributed by atoms with Crippen molar-refractivity contribution in [1.29, 1.82) is 0 Å². The molecule has 5 rings (SSSR count). The molecule has 0 bridgehead atoms. The van der Waals surface area contributed by atoms with E-state index in [-0.39, 0.29) is 0 Å². The third-order valence-corrected chi connectivity index (χ3v) is 7.21. The molecule has 2 fully saturated rings. The summed E-state index contributed by atoms with van der Waals surface area (Å²) in [6.45, 7) is 7.75. The number of carbonyl (C=O) groups is 1. The van der Waals surface area contributed by atoms with Gasteiger partial charge < -0.3 is 9.80 Å². The molecule has 138 valence electrons. The lowest BCUT2D eigenvalue weighted by atomic mass is 9.89. The Morgan fingerprint density at radius 2 is 1.88 bits per heavy atom. The predicted octanol–water partition coefficient (Wildman–Crippen LogP) is 3.18. The van der Waals surface area contributed by atoms with Crippen LogP contribution in [0.4, 0.5) is 5.82 Å². The highest BCUT2D eigenvalue weighted by atomic mass is 32.1. The standard InChI is InChI=1S/C20H26N4OS/c1-12-3-6-15-16(11-12)26-19-17(15)18(21-13(2)22-19)23-7-9-24(10-8-23)20(25)14-4-5-14/h12,14H,3-11H2,1-2H3/t12-/m0/s1. The fraction of sp³-hybridized carbons (Fsp3) is 0.650. The summed E-state index contributed by atoms with van der Waals surface area (Å²) in [5.74, 6) is 3.43. The molecule has 2 aromatic rings. The Hall–Kier alpha value is -1.69. The Labute approximate surface area is 158 Å². The molecule has 3 heterocycles. The lowest BCUT2D eigenvalue weighted by molar-refractivity contribution is -0.132. The van der Waals surface area contributed by atoms with Crippen LogP contribution in [0.5, 0.6) is 0 Å². The van der Waals surface area contributed by atoms with Gasteiger partial charge in [0, 0.05) is 37.0 Å². The maximum atomic E-state index is 12.3. The molecular weight excluding hydrogens is 344 g/mol. The van der Waals surface area contributed by atoms with Gasteiger partial charge in [0.1, 0.15) is 16.5 Å². The molecule has 0 N–H and O–H groups in total. The van der Waals surface area contributed by atoms with E-state index in [9.17, 15) is 4.79 Å². The Bertz CT molecular complexity index is 864. The highest BCUT2D eigenvalue weighted by Crippen LogP contribution is 2.41. The second-order valence-corrected chi connectivity index (χ2v) is 9.30. The number of carbonyl (C=O) groups excluding carboxylic acids is 1. The van der Waals surface area contributed by atoms with Crippen molar-refractivity contribution in [3.8, 4) is 0 Å². The zero-order valence-corrected chi connectivity index (χ0v) is 16.4. The fourth-order valence-electron chi connectivity index (χ4n) is 4.38. The smallest absolute Gasteiger partial charge is 0.225 e. The van der Waals surface area contributed by atoms with E-state index in [2.05, 4.69) is 16.7 Å². The largest absolute Gasteiger partial charge is 0.352 e. The number of thiophene rings is 1. The van der Waals surface area contributed by atoms with Crippen LogP contribution in [-0.4, -0.2) is 47.0 Å². The SMILES string of the molecule is Cc1nc(N2CCN(C(=O)C3CC3)CC2)c2c3c(sc2n1)C[C@@H](C)CC3. The van der Waals surface area contributed by atoms with Crippen molar-refractivity contribution < 1.29 is 4.79 Å². The first-order valence-electron chi connectivity index (χ1n) is 9.93. The fourth-order valence-corrected chi connectivity index (χ4v) is 5.81. The lowest BCUT2D eigenvalue weighted by Crippen LogP contribution is -2.49. The quantitative estimate of drug-likeness (QED) is 0.815. The summed E-state index contributed by atoms with van der Waals surface area (Å²) >= 11 is 1.87. The van der Waals surface area contributed by atoms with Crippen molar-refractivity contribution in [2.45, 2.75) is 46.0 Å². The first kappa shape index (κ1) is 16.5. The molecule has 1 amide bonds. The molecule has 3 aliphatic rings. The van der Waals surface area contributed by atoms with Gasteiger partial charge in [-0.3, -0.25) is 4.79 Å². The number of anilines is 1. The number of piperazine rings is 1. The topological polar surface area (TPSA) is 49.3 Å². The Balaban J connectivity index is 1.46.